The van der Waals surface area contributed by atoms with Gasteiger partial charge < -0.3 is 10.2 Å². The third kappa shape index (κ3) is 3.86. The smallest absolute Gasteiger partial charge is 0.259 e. The van der Waals surface area contributed by atoms with Crippen LogP contribution in [0.5, 0.6) is 0 Å². The summed E-state index contributed by atoms with van der Waals surface area (Å²) in [6.45, 7) is 0.325. The van der Waals surface area contributed by atoms with Crippen molar-refractivity contribution in [3.8, 4) is 0 Å². The zero-order chi connectivity index (χ0) is 22.1. The van der Waals surface area contributed by atoms with E-state index in [0.29, 0.717) is 33.2 Å². The zero-order valence-corrected chi connectivity index (χ0v) is 18.4. The summed E-state index contributed by atoms with van der Waals surface area (Å²) in [6, 6.07) is 22.1. The van der Waals surface area contributed by atoms with Crippen molar-refractivity contribution < 1.29 is 13.8 Å². The van der Waals surface area contributed by atoms with Crippen LogP contribution in [-0.4, -0.2) is 22.1 Å². The SMILES string of the molecule is O=C(NC1CCCC1)c1ccc2c(c1)N(Cc1ccccc1)C(=O)c1ccccc1S2=O. The van der Waals surface area contributed by atoms with E-state index < -0.39 is 10.8 Å². The summed E-state index contributed by atoms with van der Waals surface area (Å²) >= 11 is 0. The molecule has 162 valence electrons. The van der Waals surface area contributed by atoms with E-state index in [-0.39, 0.29) is 17.9 Å². The maximum atomic E-state index is 13.6. The normalized spacial score (nSPS) is 18.1. The first kappa shape index (κ1) is 20.6. The number of fused-ring (bicyclic) bond motifs is 2. The van der Waals surface area contributed by atoms with Crippen LogP contribution in [0, 0.1) is 0 Å². The van der Waals surface area contributed by atoms with Gasteiger partial charge in [-0.25, -0.2) is 4.21 Å². The summed E-state index contributed by atoms with van der Waals surface area (Å²) in [4.78, 5) is 29.2. The van der Waals surface area contributed by atoms with Gasteiger partial charge in [0.15, 0.2) is 0 Å². The monoisotopic (exact) mass is 444 g/mol. The summed E-state index contributed by atoms with van der Waals surface area (Å²) in [7, 11) is -1.53. The van der Waals surface area contributed by atoms with Crippen LogP contribution in [0.3, 0.4) is 0 Å². The van der Waals surface area contributed by atoms with Crippen molar-refractivity contribution in [2.75, 3.05) is 4.90 Å². The van der Waals surface area contributed by atoms with Gasteiger partial charge in [0.2, 0.25) is 0 Å². The standard InChI is InChI=1S/C26H24N2O3S/c29-25(27-20-10-4-5-11-20)19-14-15-24-22(16-19)28(17-18-8-2-1-3-9-18)26(30)21-12-6-7-13-23(21)32(24)31/h1-3,6-9,12-16,20H,4-5,10-11,17H2,(H,27,29). The first-order valence-corrected chi connectivity index (χ1v) is 12.1. The lowest BCUT2D eigenvalue weighted by Gasteiger charge is -2.24. The topological polar surface area (TPSA) is 66.5 Å². The Morgan fingerprint density at radius 2 is 1.66 bits per heavy atom. The third-order valence-electron chi connectivity index (χ3n) is 6.15. The summed E-state index contributed by atoms with van der Waals surface area (Å²) in [5.41, 5.74) is 2.38. The Balaban J connectivity index is 1.59. The molecule has 5 nitrogen and oxygen atoms in total. The molecule has 1 aliphatic carbocycles. The minimum atomic E-state index is -1.53. The molecule has 0 radical (unpaired) electrons. The second kappa shape index (κ2) is 8.71. The Morgan fingerprint density at radius 3 is 2.44 bits per heavy atom. The van der Waals surface area contributed by atoms with Crippen molar-refractivity contribution in [2.45, 2.75) is 48.1 Å². The second-order valence-electron chi connectivity index (χ2n) is 8.28. The van der Waals surface area contributed by atoms with Crippen molar-refractivity contribution in [1.82, 2.24) is 5.32 Å². The Hall–Kier alpha value is -3.25. The van der Waals surface area contributed by atoms with Crippen molar-refractivity contribution in [3.05, 3.63) is 89.5 Å². The number of nitrogens with one attached hydrogen (secondary N) is 1. The van der Waals surface area contributed by atoms with E-state index in [1.54, 1.807) is 47.4 Å². The summed E-state index contributed by atoms with van der Waals surface area (Å²) < 4.78 is 13.5. The van der Waals surface area contributed by atoms with Gasteiger partial charge in [0, 0.05) is 11.6 Å². The fourth-order valence-corrected chi connectivity index (χ4v) is 5.81. The minimum Gasteiger partial charge on any atom is -0.349 e. The molecule has 1 N–H and O–H groups in total. The van der Waals surface area contributed by atoms with E-state index in [1.165, 1.54) is 0 Å². The Labute approximate surface area is 189 Å². The molecule has 0 spiro atoms. The number of nitrogens with zero attached hydrogens (tertiary/aromatic N) is 1. The largest absolute Gasteiger partial charge is 0.349 e. The molecule has 3 aromatic rings. The molecule has 3 aromatic carbocycles. The van der Waals surface area contributed by atoms with Gasteiger partial charge in [-0.1, -0.05) is 55.3 Å². The minimum absolute atomic E-state index is 0.153. The average Bonchev–Trinajstić information content (AvgIpc) is 3.32. The fraction of sp³-hybridized carbons (Fsp3) is 0.231. The van der Waals surface area contributed by atoms with Gasteiger partial charge in [0.05, 0.1) is 38.4 Å². The molecule has 0 aromatic heterocycles. The van der Waals surface area contributed by atoms with Crippen molar-refractivity contribution in [1.29, 1.82) is 0 Å². The van der Waals surface area contributed by atoms with Crippen molar-refractivity contribution in [2.24, 2.45) is 0 Å². The summed E-state index contributed by atoms with van der Waals surface area (Å²) in [6.07, 6.45) is 4.25. The third-order valence-corrected chi connectivity index (χ3v) is 7.65. The van der Waals surface area contributed by atoms with E-state index in [2.05, 4.69) is 5.32 Å². The molecule has 1 saturated carbocycles. The molecule has 0 bridgehead atoms. The number of hydrogen-bond donors (Lipinski definition) is 1. The number of rotatable bonds is 4. The van der Waals surface area contributed by atoms with Gasteiger partial charge >= 0.3 is 0 Å². The molecule has 2 amide bonds. The maximum Gasteiger partial charge on any atom is 0.259 e. The molecular weight excluding hydrogens is 420 g/mol. The number of benzene rings is 3. The first-order valence-electron chi connectivity index (χ1n) is 10.9. The van der Waals surface area contributed by atoms with Crippen LogP contribution in [0.2, 0.25) is 0 Å². The molecule has 1 aliphatic heterocycles. The van der Waals surface area contributed by atoms with Gasteiger partial charge in [-0.15, -0.1) is 0 Å². The van der Waals surface area contributed by atoms with E-state index >= 15 is 0 Å². The van der Waals surface area contributed by atoms with Gasteiger partial charge in [0.1, 0.15) is 0 Å². The number of carbonyl (C=O) groups is 2. The quantitative estimate of drug-likeness (QED) is 0.635. The molecular formula is C26H24N2O3S. The zero-order valence-electron chi connectivity index (χ0n) is 17.6. The Morgan fingerprint density at radius 1 is 0.938 bits per heavy atom. The van der Waals surface area contributed by atoms with E-state index in [4.69, 9.17) is 0 Å². The molecule has 6 heteroatoms. The lowest BCUT2D eigenvalue weighted by Crippen LogP contribution is -2.33. The highest BCUT2D eigenvalue weighted by Crippen LogP contribution is 2.36. The predicted molar refractivity (Wildman–Crippen MR) is 124 cm³/mol. The highest BCUT2D eigenvalue weighted by molar-refractivity contribution is 7.85. The second-order valence-corrected chi connectivity index (χ2v) is 9.70. The maximum absolute atomic E-state index is 13.6. The van der Waals surface area contributed by atoms with E-state index in [9.17, 15) is 13.8 Å². The Kier molecular flexibility index (Phi) is 5.62. The van der Waals surface area contributed by atoms with Crippen molar-refractivity contribution in [3.63, 3.8) is 0 Å². The molecule has 1 heterocycles. The number of anilines is 1. The first-order chi connectivity index (χ1) is 15.6. The number of amides is 2. The average molecular weight is 445 g/mol. The molecule has 1 unspecified atom stereocenters. The van der Waals surface area contributed by atoms with Crippen LogP contribution < -0.4 is 10.2 Å². The van der Waals surface area contributed by atoms with E-state index in [0.717, 1.165) is 31.2 Å². The number of carbonyl (C=O) groups excluding carboxylic acids is 2. The molecule has 2 aliphatic rings. The lowest BCUT2D eigenvalue weighted by molar-refractivity contribution is 0.0935. The highest BCUT2D eigenvalue weighted by Gasteiger charge is 2.31. The van der Waals surface area contributed by atoms with Gasteiger partial charge in [-0.05, 0) is 48.7 Å². The van der Waals surface area contributed by atoms with Crippen LogP contribution >= 0.6 is 0 Å². The van der Waals surface area contributed by atoms with Gasteiger partial charge in [-0.3, -0.25) is 9.59 Å². The molecule has 1 atom stereocenters. The van der Waals surface area contributed by atoms with Crippen LogP contribution in [0.25, 0.3) is 0 Å². The van der Waals surface area contributed by atoms with Gasteiger partial charge in [0.25, 0.3) is 11.8 Å². The number of hydrogen-bond acceptors (Lipinski definition) is 3. The highest BCUT2D eigenvalue weighted by atomic mass is 32.2. The van der Waals surface area contributed by atoms with Crippen LogP contribution in [0.15, 0.2) is 82.6 Å². The molecule has 5 rings (SSSR count). The molecule has 1 fully saturated rings. The van der Waals surface area contributed by atoms with E-state index in [1.807, 2.05) is 30.3 Å². The summed E-state index contributed by atoms with van der Waals surface area (Å²) in [5, 5.41) is 3.10. The van der Waals surface area contributed by atoms with Crippen LogP contribution in [0.1, 0.15) is 52.0 Å². The Bertz CT molecular complexity index is 1200. The fourth-order valence-electron chi connectivity index (χ4n) is 4.47. The van der Waals surface area contributed by atoms with Crippen LogP contribution in [-0.2, 0) is 17.3 Å². The summed E-state index contributed by atoms with van der Waals surface area (Å²) in [5.74, 6) is -0.371. The molecule has 0 saturated heterocycles. The molecule has 32 heavy (non-hydrogen) atoms. The lowest BCUT2D eigenvalue weighted by atomic mass is 10.1. The van der Waals surface area contributed by atoms with Crippen molar-refractivity contribution >= 4 is 28.3 Å². The van der Waals surface area contributed by atoms with Gasteiger partial charge in [-0.2, -0.15) is 0 Å². The van der Waals surface area contributed by atoms with Crippen LogP contribution in [0.4, 0.5) is 5.69 Å². The predicted octanol–water partition coefficient (Wildman–Crippen LogP) is 4.69.